The van der Waals surface area contributed by atoms with Crippen molar-refractivity contribution in [2.45, 2.75) is 11.9 Å². The molecule has 2 aromatic heterocycles. The topological polar surface area (TPSA) is 105 Å². The van der Waals surface area contributed by atoms with Crippen molar-refractivity contribution in [1.82, 2.24) is 24.2 Å². The van der Waals surface area contributed by atoms with Crippen LogP contribution < -0.4 is 14.9 Å². The maximum absolute atomic E-state index is 12.0. The lowest BCUT2D eigenvalue weighted by atomic mass is 10.4. The van der Waals surface area contributed by atoms with E-state index in [0.29, 0.717) is 12.5 Å². The van der Waals surface area contributed by atoms with Gasteiger partial charge in [-0.05, 0) is 6.92 Å². The summed E-state index contributed by atoms with van der Waals surface area (Å²) in [6, 6.07) is 1.87. The number of nitrogens with zero attached hydrogens (tertiary/aromatic N) is 5. The highest BCUT2D eigenvalue weighted by Crippen LogP contribution is 2.11. The zero-order valence-corrected chi connectivity index (χ0v) is 14.4. The molecule has 0 radical (unpaired) electrons. The molecule has 23 heavy (non-hydrogen) atoms. The van der Waals surface area contributed by atoms with Crippen LogP contribution in [-0.2, 0) is 17.1 Å². The predicted molar refractivity (Wildman–Crippen MR) is 88.0 cm³/mol. The van der Waals surface area contributed by atoms with Gasteiger partial charge in [-0.2, -0.15) is 4.98 Å². The van der Waals surface area contributed by atoms with Crippen molar-refractivity contribution >= 4 is 21.8 Å². The van der Waals surface area contributed by atoms with Gasteiger partial charge in [0.25, 0.3) is 10.0 Å². The number of rotatable bonds is 7. The molecular weight excluding hydrogens is 318 g/mol. The lowest BCUT2D eigenvalue weighted by molar-refractivity contribution is 0.579. The molecule has 2 aromatic rings. The van der Waals surface area contributed by atoms with Crippen LogP contribution in [0.2, 0.25) is 0 Å². The van der Waals surface area contributed by atoms with Gasteiger partial charge in [0.05, 0.1) is 6.33 Å². The first-order valence-electron chi connectivity index (χ1n) is 7.02. The van der Waals surface area contributed by atoms with Gasteiger partial charge in [-0.1, -0.05) is 0 Å². The van der Waals surface area contributed by atoms with Gasteiger partial charge < -0.3 is 14.8 Å². The van der Waals surface area contributed by atoms with E-state index in [4.69, 9.17) is 0 Å². The molecular formula is C13H21N7O2S. The molecule has 0 spiro atoms. The van der Waals surface area contributed by atoms with E-state index in [-0.39, 0.29) is 11.6 Å². The number of sulfonamides is 1. The van der Waals surface area contributed by atoms with Crippen LogP contribution in [0.4, 0.5) is 11.8 Å². The van der Waals surface area contributed by atoms with Crippen LogP contribution in [0.15, 0.2) is 23.6 Å². The number of aryl methyl sites for hydroxylation is 2. The Kier molecular flexibility index (Phi) is 5.16. The fraction of sp³-hybridized carbons (Fsp3) is 0.462. The summed E-state index contributed by atoms with van der Waals surface area (Å²) >= 11 is 0. The van der Waals surface area contributed by atoms with E-state index in [1.54, 1.807) is 11.6 Å². The average molecular weight is 339 g/mol. The maximum atomic E-state index is 12.0. The number of anilines is 2. The fourth-order valence-corrected chi connectivity index (χ4v) is 2.83. The number of hydrogen-bond acceptors (Lipinski definition) is 7. The lowest BCUT2D eigenvalue weighted by Gasteiger charge is -2.13. The highest BCUT2D eigenvalue weighted by Gasteiger charge is 2.16. The van der Waals surface area contributed by atoms with E-state index in [1.165, 1.54) is 12.5 Å². The third-order valence-corrected chi connectivity index (χ3v) is 4.30. The first kappa shape index (κ1) is 17.2. The maximum Gasteiger partial charge on any atom is 0.259 e. The Morgan fingerprint density at radius 3 is 2.61 bits per heavy atom. The normalized spacial score (nSPS) is 11.5. The zero-order valence-electron chi connectivity index (χ0n) is 13.6. The number of imidazole rings is 1. The number of aromatic nitrogens is 4. The minimum absolute atomic E-state index is 0.00157. The highest BCUT2D eigenvalue weighted by molar-refractivity contribution is 7.89. The average Bonchev–Trinajstić information content (AvgIpc) is 2.90. The Morgan fingerprint density at radius 1 is 1.26 bits per heavy atom. The molecule has 0 atom stereocenters. The summed E-state index contributed by atoms with van der Waals surface area (Å²) in [5, 5.41) is 3.01. The van der Waals surface area contributed by atoms with E-state index in [2.05, 4.69) is 25.0 Å². The van der Waals surface area contributed by atoms with E-state index in [0.717, 1.165) is 11.5 Å². The van der Waals surface area contributed by atoms with Gasteiger partial charge in [0.15, 0.2) is 5.03 Å². The SMILES string of the molecule is Cc1cc(N(C)C)nc(NCCNS(=O)(=O)c2cn(C)cn2)n1. The molecule has 0 amide bonds. The molecule has 2 N–H and O–H groups in total. The van der Waals surface area contributed by atoms with E-state index >= 15 is 0 Å². The molecule has 2 heterocycles. The third kappa shape index (κ3) is 4.63. The molecule has 2 rings (SSSR count). The summed E-state index contributed by atoms with van der Waals surface area (Å²) in [7, 11) is 1.91. The quantitative estimate of drug-likeness (QED) is 0.683. The molecule has 0 aliphatic carbocycles. The van der Waals surface area contributed by atoms with Crippen molar-refractivity contribution in [1.29, 1.82) is 0 Å². The Hall–Kier alpha value is -2.20. The number of hydrogen-bond donors (Lipinski definition) is 2. The Labute approximate surface area is 135 Å². The molecule has 0 saturated carbocycles. The minimum atomic E-state index is -3.59. The second-order valence-corrected chi connectivity index (χ2v) is 7.00. The third-order valence-electron chi connectivity index (χ3n) is 2.96. The molecule has 0 saturated heterocycles. The van der Waals surface area contributed by atoms with Gasteiger partial charge in [-0.3, -0.25) is 0 Å². The smallest absolute Gasteiger partial charge is 0.259 e. The second kappa shape index (κ2) is 6.92. The van der Waals surface area contributed by atoms with Crippen molar-refractivity contribution in [2.75, 3.05) is 37.4 Å². The summed E-state index contributed by atoms with van der Waals surface area (Å²) in [6.45, 7) is 2.44. The zero-order chi connectivity index (χ0) is 17.0. The summed E-state index contributed by atoms with van der Waals surface area (Å²) < 4.78 is 28.1. The van der Waals surface area contributed by atoms with E-state index < -0.39 is 10.0 Å². The summed E-state index contributed by atoms with van der Waals surface area (Å²) in [5.74, 6) is 1.25. The molecule has 0 aliphatic heterocycles. The van der Waals surface area contributed by atoms with Gasteiger partial charge in [-0.15, -0.1) is 0 Å². The van der Waals surface area contributed by atoms with Gasteiger partial charge in [0.2, 0.25) is 5.95 Å². The molecule has 10 heteroatoms. The van der Waals surface area contributed by atoms with Crippen LogP contribution in [0.3, 0.4) is 0 Å². The molecule has 0 unspecified atom stereocenters. The molecule has 0 aliphatic rings. The summed E-state index contributed by atoms with van der Waals surface area (Å²) in [5.41, 5.74) is 0.834. The van der Waals surface area contributed by atoms with Crippen LogP contribution in [-0.4, -0.2) is 55.1 Å². The second-order valence-electron chi connectivity index (χ2n) is 5.29. The largest absolute Gasteiger partial charge is 0.363 e. The highest BCUT2D eigenvalue weighted by atomic mass is 32.2. The van der Waals surface area contributed by atoms with Crippen molar-refractivity contribution in [2.24, 2.45) is 7.05 Å². The molecule has 0 fully saturated rings. The number of nitrogens with one attached hydrogen (secondary N) is 2. The molecule has 9 nitrogen and oxygen atoms in total. The first-order chi connectivity index (χ1) is 10.8. The van der Waals surface area contributed by atoms with Gasteiger partial charge in [-0.25, -0.2) is 23.1 Å². The summed E-state index contributed by atoms with van der Waals surface area (Å²) in [4.78, 5) is 14.3. The standard InChI is InChI=1S/C13H21N7O2S/c1-10-7-11(19(2)3)18-13(17-10)14-5-6-16-23(21,22)12-8-20(4)9-15-12/h7-9,16H,5-6H2,1-4H3,(H,14,17,18). The molecule has 0 bridgehead atoms. The van der Waals surface area contributed by atoms with Crippen molar-refractivity contribution in [3.63, 3.8) is 0 Å². The van der Waals surface area contributed by atoms with E-state index in [9.17, 15) is 8.42 Å². The van der Waals surface area contributed by atoms with Crippen LogP contribution in [0.1, 0.15) is 5.69 Å². The Balaban J connectivity index is 1.90. The monoisotopic (exact) mass is 339 g/mol. The van der Waals surface area contributed by atoms with Crippen LogP contribution in [0, 0.1) is 6.92 Å². The van der Waals surface area contributed by atoms with Gasteiger partial charge in [0, 0.05) is 52.2 Å². The molecule has 0 aromatic carbocycles. The van der Waals surface area contributed by atoms with Crippen molar-refractivity contribution in [3.8, 4) is 0 Å². The lowest BCUT2D eigenvalue weighted by Crippen LogP contribution is -2.29. The van der Waals surface area contributed by atoms with Crippen molar-refractivity contribution < 1.29 is 8.42 Å². The van der Waals surface area contributed by atoms with Crippen molar-refractivity contribution in [3.05, 3.63) is 24.3 Å². The first-order valence-corrected chi connectivity index (χ1v) is 8.51. The van der Waals surface area contributed by atoms with Crippen LogP contribution in [0.5, 0.6) is 0 Å². The Bertz CT molecular complexity index is 770. The molecule has 126 valence electrons. The van der Waals surface area contributed by atoms with Crippen LogP contribution in [0.25, 0.3) is 0 Å². The van der Waals surface area contributed by atoms with Gasteiger partial charge in [0.1, 0.15) is 5.82 Å². The van der Waals surface area contributed by atoms with Gasteiger partial charge >= 0.3 is 0 Å². The predicted octanol–water partition coefficient (Wildman–Crippen LogP) is -0.0251. The van der Waals surface area contributed by atoms with Crippen LogP contribution >= 0.6 is 0 Å². The van der Waals surface area contributed by atoms with E-state index in [1.807, 2.05) is 32.0 Å². The Morgan fingerprint density at radius 2 is 2.00 bits per heavy atom. The fourth-order valence-electron chi connectivity index (χ4n) is 1.82. The minimum Gasteiger partial charge on any atom is -0.363 e. The summed E-state index contributed by atoms with van der Waals surface area (Å²) in [6.07, 6.45) is 2.89.